The number of H-pyrrole nitrogens is 1. The summed E-state index contributed by atoms with van der Waals surface area (Å²) in [5.74, 6) is 1.27. The molecular formula is C33H42N6O3. The standard InChI is InChI=1S/C24H33N5O3.C9H9N/c1-24(2,27)23(30)28-15-22(26)29(21(25)13-10-17-8-6-5-7-9-17)16-18-11-12-19(31-3)14-20(18)32-4;1-7-6-10-9-5-3-2-4-8(7)9/h5-9,11-12,14,25-26H,10,13,15-16,27H2,1-4H3,(H,28,30);2-6,10H,1H3. The van der Waals surface area contributed by atoms with Gasteiger partial charge in [-0.2, -0.15) is 0 Å². The molecule has 0 saturated carbocycles. The average molecular weight is 571 g/mol. The molecular weight excluding hydrogens is 528 g/mol. The number of fused-ring (bicyclic) bond motifs is 1. The molecule has 4 aromatic rings. The highest BCUT2D eigenvalue weighted by Gasteiger charge is 2.24. The monoisotopic (exact) mass is 570 g/mol. The molecule has 1 heterocycles. The van der Waals surface area contributed by atoms with Crippen LogP contribution < -0.4 is 20.5 Å². The normalized spacial score (nSPS) is 10.8. The van der Waals surface area contributed by atoms with E-state index in [2.05, 4.69) is 35.4 Å². The SMILES string of the molecule is COc1ccc(CN(C(=N)CCc2ccccc2)C(=N)CNC(=O)C(C)(C)N)c(OC)c1.Cc1c[nH]c2ccccc12. The number of amides is 1. The summed E-state index contributed by atoms with van der Waals surface area (Å²) < 4.78 is 10.7. The molecule has 0 aliphatic carbocycles. The van der Waals surface area contributed by atoms with E-state index in [-0.39, 0.29) is 30.7 Å². The summed E-state index contributed by atoms with van der Waals surface area (Å²) in [7, 11) is 3.15. The predicted octanol–water partition coefficient (Wildman–Crippen LogP) is 5.42. The highest BCUT2D eigenvalue weighted by molar-refractivity contribution is 6.00. The van der Waals surface area contributed by atoms with Gasteiger partial charge in [-0.25, -0.2) is 0 Å². The third kappa shape index (κ3) is 8.94. The Labute approximate surface area is 248 Å². The molecule has 3 aromatic carbocycles. The van der Waals surface area contributed by atoms with Gasteiger partial charge in [-0.3, -0.25) is 15.6 Å². The van der Waals surface area contributed by atoms with Gasteiger partial charge in [0.05, 0.1) is 32.8 Å². The molecule has 6 N–H and O–H groups in total. The van der Waals surface area contributed by atoms with Gasteiger partial charge < -0.3 is 30.4 Å². The van der Waals surface area contributed by atoms with Crippen molar-refractivity contribution in [1.82, 2.24) is 15.2 Å². The van der Waals surface area contributed by atoms with Crippen molar-refractivity contribution in [2.24, 2.45) is 5.73 Å². The second kappa shape index (κ2) is 14.8. The Balaban J connectivity index is 0.000000401. The number of nitrogens with zero attached hydrogens (tertiary/aromatic N) is 1. The van der Waals surface area contributed by atoms with E-state index >= 15 is 0 Å². The molecule has 0 radical (unpaired) electrons. The van der Waals surface area contributed by atoms with Crippen LogP contribution in [0.25, 0.3) is 10.9 Å². The van der Waals surface area contributed by atoms with E-state index in [1.165, 1.54) is 16.5 Å². The lowest BCUT2D eigenvalue weighted by molar-refractivity contribution is -0.124. The average Bonchev–Trinajstić information content (AvgIpc) is 3.38. The largest absolute Gasteiger partial charge is 0.497 e. The molecule has 0 aliphatic heterocycles. The molecule has 1 aromatic heterocycles. The van der Waals surface area contributed by atoms with Crippen LogP contribution in [0.2, 0.25) is 0 Å². The van der Waals surface area contributed by atoms with E-state index in [0.29, 0.717) is 24.3 Å². The van der Waals surface area contributed by atoms with E-state index < -0.39 is 5.54 Å². The van der Waals surface area contributed by atoms with Crippen LogP contribution in [-0.2, 0) is 17.8 Å². The van der Waals surface area contributed by atoms with Crippen molar-refractivity contribution in [2.75, 3.05) is 20.8 Å². The Hall–Kier alpha value is -4.63. The van der Waals surface area contributed by atoms with Crippen molar-refractivity contribution in [3.63, 3.8) is 0 Å². The number of hydrogen-bond donors (Lipinski definition) is 5. The first-order valence-electron chi connectivity index (χ1n) is 13.8. The van der Waals surface area contributed by atoms with E-state index in [0.717, 1.165) is 11.1 Å². The fraction of sp³-hybridized carbons (Fsp3) is 0.303. The summed E-state index contributed by atoms with van der Waals surface area (Å²) in [6.45, 7) is 5.54. The third-order valence-electron chi connectivity index (χ3n) is 6.77. The van der Waals surface area contributed by atoms with Crippen molar-refractivity contribution in [1.29, 1.82) is 10.8 Å². The lowest BCUT2D eigenvalue weighted by atomic mass is 10.1. The highest BCUT2D eigenvalue weighted by Crippen LogP contribution is 2.26. The minimum Gasteiger partial charge on any atom is -0.497 e. The van der Waals surface area contributed by atoms with E-state index in [1.807, 2.05) is 54.7 Å². The first-order chi connectivity index (χ1) is 20.0. The number of para-hydroxylation sites is 1. The quantitative estimate of drug-likeness (QED) is 0.128. The number of aromatic amines is 1. The van der Waals surface area contributed by atoms with Gasteiger partial charge in [-0.05, 0) is 56.5 Å². The molecule has 0 spiro atoms. The van der Waals surface area contributed by atoms with Gasteiger partial charge in [0.25, 0.3) is 0 Å². The maximum Gasteiger partial charge on any atom is 0.239 e. The van der Waals surface area contributed by atoms with Gasteiger partial charge in [0.1, 0.15) is 23.2 Å². The van der Waals surface area contributed by atoms with Crippen LogP contribution in [0, 0.1) is 17.7 Å². The molecule has 42 heavy (non-hydrogen) atoms. The molecule has 4 rings (SSSR count). The fourth-order valence-corrected chi connectivity index (χ4v) is 4.25. The number of benzene rings is 3. The Morgan fingerprint density at radius 1 is 0.976 bits per heavy atom. The minimum absolute atomic E-state index is 0.0361. The molecule has 9 nitrogen and oxygen atoms in total. The van der Waals surface area contributed by atoms with Gasteiger partial charge in [0, 0.05) is 35.2 Å². The maximum absolute atomic E-state index is 12.2. The first kappa shape index (κ1) is 31.9. The number of nitrogens with one attached hydrogen (secondary N) is 4. The number of ether oxygens (including phenoxy) is 2. The number of carbonyl (C=O) groups is 1. The second-order valence-electron chi connectivity index (χ2n) is 10.6. The second-order valence-corrected chi connectivity index (χ2v) is 10.6. The molecule has 0 fully saturated rings. The molecule has 222 valence electrons. The summed E-state index contributed by atoms with van der Waals surface area (Å²) >= 11 is 0. The Morgan fingerprint density at radius 2 is 1.67 bits per heavy atom. The number of methoxy groups -OCH3 is 2. The predicted molar refractivity (Wildman–Crippen MR) is 170 cm³/mol. The van der Waals surface area contributed by atoms with Crippen LogP contribution in [0.3, 0.4) is 0 Å². The summed E-state index contributed by atoms with van der Waals surface area (Å²) in [5, 5.41) is 21.3. The van der Waals surface area contributed by atoms with Crippen LogP contribution >= 0.6 is 0 Å². The van der Waals surface area contributed by atoms with Crippen molar-refractivity contribution in [3.05, 3.63) is 95.7 Å². The van der Waals surface area contributed by atoms with Crippen molar-refractivity contribution in [2.45, 2.75) is 45.7 Å². The zero-order chi connectivity index (χ0) is 30.7. The van der Waals surface area contributed by atoms with Crippen molar-refractivity contribution < 1.29 is 14.3 Å². The number of nitrogens with two attached hydrogens (primary N) is 1. The summed E-state index contributed by atoms with van der Waals surface area (Å²) in [4.78, 5) is 16.9. The number of aromatic nitrogens is 1. The first-order valence-corrected chi connectivity index (χ1v) is 13.8. The lowest BCUT2D eigenvalue weighted by Crippen LogP contribution is -2.52. The van der Waals surface area contributed by atoms with Crippen molar-refractivity contribution in [3.8, 4) is 11.5 Å². The number of aryl methyl sites for hydroxylation is 2. The summed E-state index contributed by atoms with van der Waals surface area (Å²) in [5.41, 5.74) is 9.24. The molecule has 0 atom stereocenters. The minimum atomic E-state index is -1.05. The Morgan fingerprint density at radius 3 is 2.31 bits per heavy atom. The molecule has 1 amide bonds. The third-order valence-corrected chi connectivity index (χ3v) is 6.77. The van der Waals surface area contributed by atoms with Crippen LogP contribution in [0.4, 0.5) is 0 Å². The molecule has 0 unspecified atom stereocenters. The summed E-state index contributed by atoms with van der Waals surface area (Å²) in [6, 6.07) is 23.6. The number of hydrogen-bond acceptors (Lipinski definition) is 6. The smallest absolute Gasteiger partial charge is 0.239 e. The summed E-state index contributed by atoms with van der Waals surface area (Å²) in [6.07, 6.45) is 3.15. The molecule has 0 bridgehead atoms. The van der Waals surface area contributed by atoms with Gasteiger partial charge in [0.15, 0.2) is 0 Å². The van der Waals surface area contributed by atoms with E-state index in [9.17, 15) is 4.79 Å². The van der Waals surface area contributed by atoms with Crippen LogP contribution in [0.1, 0.15) is 37.0 Å². The topological polar surface area (TPSA) is 140 Å². The van der Waals surface area contributed by atoms with Gasteiger partial charge >= 0.3 is 0 Å². The number of amidine groups is 2. The Bertz CT molecular complexity index is 1490. The number of carbonyl (C=O) groups excluding carboxylic acids is 1. The van der Waals surface area contributed by atoms with E-state index in [1.54, 1.807) is 39.0 Å². The van der Waals surface area contributed by atoms with Crippen molar-refractivity contribution >= 4 is 28.5 Å². The van der Waals surface area contributed by atoms with Gasteiger partial charge in [-0.15, -0.1) is 0 Å². The van der Waals surface area contributed by atoms with Gasteiger partial charge in [0.2, 0.25) is 5.91 Å². The fourth-order valence-electron chi connectivity index (χ4n) is 4.25. The Kier molecular flexibility index (Phi) is 11.3. The molecule has 0 saturated heterocycles. The molecule has 9 heteroatoms. The van der Waals surface area contributed by atoms with Crippen LogP contribution in [0.15, 0.2) is 79.0 Å². The maximum atomic E-state index is 12.2. The number of rotatable bonds is 10. The zero-order valence-corrected chi connectivity index (χ0v) is 25.1. The van der Waals surface area contributed by atoms with Gasteiger partial charge in [-0.1, -0.05) is 48.5 Å². The van der Waals surface area contributed by atoms with Crippen LogP contribution in [-0.4, -0.2) is 53.8 Å². The zero-order valence-electron chi connectivity index (χ0n) is 25.1. The molecule has 0 aliphatic rings. The van der Waals surface area contributed by atoms with Crippen LogP contribution in [0.5, 0.6) is 11.5 Å². The lowest BCUT2D eigenvalue weighted by Gasteiger charge is -2.28. The highest BCUT2D eigenvalue weighted by atomic mass is 16.5. The van der Waals surface area contributed by atoms with E-state index in [4.69, 9.17) is 26.0 Å².